The van der Waals surface area contributed by atoms with Crippen molar-refractivity contribution in [1.29, 1.82) is 5.26 Å². The van der Waals surface area contributed by atoms with Crippen LogP contribution in [0.25, 0.3) is 0 Å². The van der Waals surface area contributed by atoms with Crippen molar-refractivity contribution in [3.63, 3.8) is 0 Å². The summed E-state index contributed by atoms with van der Waals surface area (Å²) in [6.45, 7) is 2.53. The van der Waals surface area contributed by atoms with Gasteiger partial charge in [-0.1, -0.05) is 6.92 Å². The van der Waals surface area contributed by atoms with E-state index in [0.717, 1.165) is 24.1 Å². The largest absolute Gasteiger partial charge is 0.333 e. The van der Waals surface area contributed by atoms with Gasteiger partial charge < -0.3 is 10.3 Å². The minimum Gasteiger partial charge on any atom is -0.333 e. The quantitative estimate of drug-likeness (QED) is 0.907. The van der Waals surface area contributed by atoms with E-state index in [1.54, 1.807) is 12.4 Å². The van der Waals surface area contributed by atoms with Gasteiger partial charge in [0.15, 0.2) is 0 Å². The molecule has 2 aromatic rings. The number of hydrogen-bond donors (Lipinski definition) is 1. The molecular weight excluding hydrogens is 255 g/mol. The van der Waals surface area contributed by atoms with E-state index in [1.807, 2.05) is 23.8 Å². The number of aromatic nitrogens is 2. The van der Waals surface area contributed by atoms with Crippen molar-refractivity contribution in [3.05, 3.63) is 53.4 Å². The van der Waals surface area contributed by atoms with Crippen molar-refractivity contribution >= 4 is 0 Å². The van der Waals surface area contributed by atoms with Gasteiger partial charge in [-0.15, -0.1) is 0 Å². The van der Waals surface area contributed by atoms with E-state index >= 15 is 0 Å². The maximum Gasteiger partial charge on any atom is 0.124 e. The van der Waals surface area contributed by atoms with Crippen LogP contribution in [0.2, 0.25) is 0 Å². The minimum atomic E-state index is -0.396. The van der Waals surface area contributed by atoms with Crippen LogP contribution in [0.1, 0.15) is 30.2 Å². The Kier molecular flexibility index (Phi) is 4.49. The number of nitriles is 1. The molecule has 1 aromatic carbocycles. The number of rotatable bonds is 5. The van der Waals surface area contributed by atoms with Crippen LogP contribution in [-0.4, -0.2) is 15.6 Å². The number of nitrogens with zero attached hydrogens (tertiary/aromatic N) is 3. The Labute approximate surface area is 117 Å². The summed E-state index contributed by atoms with van der Waals surface area (Å²) in [6, 6.07) is 6.40. The van der Waals surface area contributed by atoms with Crippen molar-refractivity contribution in [3.8, 4) is 6.07 Å². The molecule has 0 aliphatic rings. The van der Waals surface area contributed by atoms with Gasteiger partial charge in [-0.25, -0.2) is 9.37 Å². The number of halogens is 1. The standard InChI is InChI=1S/C15H17FN4/c1-2-14(18)6-15-9-20(10-19-15)8-12-3-11(7-17)4-13(16)5-12/h3-5,9-10,14H,2,6,8,18H2,1H3. The maximum atomic E-state index is 13.3. The molecule has 5 heteroatoms. The smallest absolute Gasteiger partial charge is 0.124 e. The Morgan fingerprint density at radius 1 is 1.45 bits per heavy atom. The van der Waals surface area contributed by atoms with Crippen molar-refractivity contribution in [1.82, 2.24) is 9.55 Å². The summed E-state index contributed by atoms with van der Waals surface area (Å²) >= 11 is 0. The maximum absolute atomic E-state index is 13.3. The van der Waals surface area contributed by atoms with Crippen LogP contribution in [0.4, 0.5) is 4.39 Å². The highest BCUT2D eigenvalue weighted by atomic mass is 19.1. The van der Waals surface area contributed by atoms with Gasteiger partial charge in [0, 0.05) is 25.2 Å². The highest BCUT2D eigenvalue weighted by Crippen LogP contribution is 2.11. The molecule has 0 saturated carbocycles. The topological polar surface area (TPSA) is 67.6 Å². The van der Waals surface area contributed by atoms with Gasteiger partial charge in [-0.2, -0.15) is 5.26 Å². The van der Waals surface area contributed by atoms with E-state index in [4.69, 9.17) is 11.0 Å². The second-order valence-electron chi connectivity index (χ2n) is 4.87. The lowest BCUT2D eigenvalue weighted by Gasteiger charge is -2.05. The number of benzene rings is 1. The normalized spacial score (nSPS) is 12.1. The molecule has 0 amide bonds. The molecule has 0 radical (unpaired) electrons. The van der Waals surface area contributed by atoms with Gasteiger partial charge in [-0.05, 0) is 30.2 Å². The monoisotopic (exact) mass is 272 g/mol. The Hall–Kier alpha value is -2.19. The SMILES string of the molecule is CCC(N)Cc1cn(Cc2cc(F)cc(C#N)c2)cn1. The summed E-state index contributed by atoms with van der Waals surface area (Å²) in [5, 5.41) is 8.83. The molecule has 1 unspecified atom stereocenters. The number of imidazole rings is 1. The molecule has 1 aromatic heterocycles. The molecule has 104 valence electrons. The van der Waals surface area contributed by atoms with Gasteiger partial charge in [0.05, 0.1) is 23.7 Å². The van der Waals surface area contributed by atoms with Crippen molar-refractivity contribution in [2.45, 2.75) is 32.4 Å². The second kappa shape index (κ2) is 6.31. The lowest BCUT2D eigenvalue weighted by atomic mass is 10.1. The third-order valence-corrected chi connectivity index (χ3v) is 3.13. The first-order valence-electron chi connectivity index (χ1n) is 6.56. The lowest BCUT2D eigenvalue weighted by Crippen LogP contribution is -2.21. The van der Waals surface area contributed by atoms with E-state index < -0.39 is 5.82 Å². The van der Waals surface area contributed by atoms with Crippen molar-refractivity contribution < 1.29 is 4.39 Å². The predicted octanol–water partition coefficient (Wildman–Crippen LogP) is 2.22. The van der Waals surface area contributed by atoms with Gasteiger partial charge in [0.25, 0.3) is 0 Å². The van der Waals surface area contributed by atoms with E-state index in [2.05, 4.69) is 4.98 Å². The molecule has 2 rings (SSSR count). The summed E-state index contributed by atoms with van der Waals surface area (Å²) in [7, 11) is 0. The predicted molar refractivity (Wildman–Crippen MR) is 74.4 cm³/mol. The van der Waals surface area contributed by atoms with Gasteiger partial charge >= 0.3 is 0 Å². The average Bonchev–Trinajstić information content (AvgIpc) is 2.85. The van der Waals surface area contributed by atoms with Crippen LogP contribution in [0.15, 0.2) is 30.7 Å². The zero-order valence-electron chi connectivity index (χ0n) is 11.4. The highest BCUT2D eigenvalue weighted by Gasteiger charge is 2.06. The first kappa shape index (κ1) is 14.2. The zero-order valence-corrected chi connectivity index (χ0v) is 11.4. The fourth-order valence-electron chi connectivity index (χ4n) is 2.03. The molecule has 2 N–H and O–H groups in total. The molecular formula is C15H17FN4. The van der Waals surface area contributed by atoms with E-state index in [0.29, 0.717) is 12.1 Å². The molecule has 0 saturated heterocycles. The Morgan fingerprint density at radius 3 is 2.95 bits per heavy atom. The van der Waals surface area contributed by atoms with Crippen LogP contribution in [0, 0.1) is 17.1 Å². The van der Waals surface area contributed by atoms with Crippen LogP contribution in [0.5, 0.6) is 0 Å². The highest BCUT2D eigenvalue weighted by molar-refractivity contribution is 5.33. The van der Waals surface area contributed by atoms with Crippen LogP contribution in [0.3, 0.4) is 0 Å². The minimum absolute atomic E-state index is 0.109. The summed E-state index contributed by atoms with van der Waals surface area (Å²) in [6.07, 6.45) is 5.25. The van der Waals surface area contributed by atoms with Crippen molar-refractivity contribution in [2.24, 2.45) is 5.73 Å². The third kappa shape index (κ3) is 3.65. The molecule has 4 nitrogen and oxygen atoms in total. The molecule has 0 spiro atoms. The lowest BCUT2D eigenvalue weighted by molar-refractivity contribution is 0.622. The number of hydrogen-bond acceptors (Lipinski definition) is 3. The summed E-state index contributed by atoms with van der Waals surface area (Å²) in [5.41, 5.74) is 7.88. The first-order chi connectivity index (χ1) is 9.60. The first-order valence-corrected chi connectivity index (χ1v) is 6.56. The van der Waals surface area contributed by atoms with E-state index in [-0.39, 0.29) is 6.04 Å². The molecule has 0 bridgehead atoms. The van der Waals surface area contributed by atoms with Crippen LogP contribution in [-0.2, 0) is 13.0 Å². The Bertz CT molecular complexity index is 627. The Morgan fingerprint density at radius 2 is 2.25 bits per heavy atom. The second-order valence-corrected chi connectivity index (χ2v) is 4.87. The Balaban J connectivity index is 2.11. The summed E-state index contributed by atoms with van der Waals surface area (Å²) < 4.78 is 15.2. The fourth-order valence-corrected chi connectivity index (χ4v) is 2.03. The number of nitrogens with two attached hydrogens (primary N) is 1. The van der Waals surface area contributed by atoms with Crippen LogP contribution < -0.4 is 5.73 Å². The van der Waals surface area contributed by atoms with Gasteiger partial charge in [0.1, 0.15) is 5.82 Å². The van der Waals surface area contributed by atoms with Gasteiger partial charge in [0.2, 0.25) is 0 Å². The zero-order chi connectivity index (χ0) is 14.5. The molecule has 0 fully saturated rings. The van der Waals surface area contributed by atoms with E-state index in [1.165, 1.54) is 12.1 Å². The van der Waals surface area contributed by atoms with Crippen LogP contribution >= 0.6 is 0 Å². The molecule has 0 aliphatic carbocycles. The summed E-state index contributed by atoms with van der Waals surface area (Å²) in [5.74, 6) is -0.396. The molecule has 1 atom stereocenters. The van der Waals surface area contributed by atoms with Crippen molar-refractivity contribution in [2.75, 3.05) is 0 Å². The van der Waals surface area contributed by atoms with E-state index in [9.17, 15) is 4.39 Å². The average molecular weight is 272 g/mol. The molecule has 0 aliphatic heterocycles. The van der Waals surface area contributed by atoms with Gasteiger partial charge in [-0.3, -0.25) is 0 Å². The third-order valence-electron chi connectivity index (χ3n) is 3.13. The summed E-state index contributed by atoms with van der Waals surface area (Å²) in [4.78, 5) is 4.29. The molecule has 20 heavy (non-hydrogen) atoms. The fraction of sp³-hybridized carbons (Fsp3) is 0.333. The molecule has 1 heterocycles.